The zero-order valence-corrected chi connectivity index (χ0v) is 8.48. The summed E-state index contributed by atoms with van der Waals surface area (Å²) in [7, 11) is 0. The lowest BCUT2D eigenvalue weighted by atomic mass is 10.1. The minimum Gasteiger partial charge on any atom is -0.481 e. The number of amides is 1. The van der Waals surface area contributed by atoms with E-state index in [1.54, 1.807) is 12.2 Å². The Morgan fingerprint density at radius 2 is 2.20 bits per heavy atom. The number of nitrogens with one attached hydrogen (secondary N) is 1. The minimum absolute atomic E-state index is 0.0684. The Labute approximate surface area is 88.3 Å². The van der Waals surface area contributed by atoms with Gasteiger partial charge in [-0.05, 0) is 19.4 Å². The fourth-order valence-corrected chi connectivity index (χ4v) is 1.53. The smallest absolute Gasteiger partial charge is 0.310 e. The molecule has 1 amide bonds. The molecule has 5 heteroatoms. The predicted molar refractivity (Wildman–Crippen MR) is 55.1 cm³/mol. The standard InChI is InChI=1S/C10H16N2O3/c11-5-1-2-9(13)12-8-4-3-7(6-8)10(14)15/h3-4,7-8H,1-2,5-6,11H2,(H,12,13)(H,14,15). The van der Waals surface area contributed by atoms with Crippen LogP contribution in [-0.2, 0) is 9.59 Å². The van der Waals surface area contributed by atoms with Gasteiger partial charge in [0.05, 0.1) is 5.92 Å². The first-order valence-corrected chi connectivity index (χ1v) is 5.04. The van der Waals surface area contributed by atoms with Crippen LogP contribution in [0.2, 0.25) is 0 Å². The SMILES string of the molecule is NCCCC(=O)NC1C=CC(C(=O)O)C1. The quantitative estimate of drug-likeness (QED) is 0.553. The van der Waals surface area contributed by atoms with Crippen molar-refractivity contribution in [2.45, 2.75) is 25.3 Å². The van der Waals surface area contributed by atoms with Crippen LogP contribution in [0.5, 0.6) is 0 Å². The van der Waals surface area contributed by atoms with E-state index in [0.29, 0.717) is 25.8 Å². The third-order valence-electron chi connectivity index (χ3n) is 2.36. The van der Waals surface area contributed by atoms with Gasteiger partial charge in [0.15, 0.2) is 0 Å². The van der Waals surface area contributed by atoms with Gasteiger partial charge in [-0.3, -0.25) is 9.59 Å². The van der Waals surface area contributed by atoms with Crippen LogP contribution >= 0.6 is 0 Å². The third-order valence-corrected chi connectivity index (χ3v) is 2.36. The summed E-state index contributed by atoms with van der Waals surface area (Å²) in [5, 5.41) is 11.5. The summed E-state index contributed by atoms with van der Waals surface area (Å²) < 4.78 is 0. The number of hydrogen-bond acceptors (Lipinski definition) is 3. The molecule has 0 aliphatic heterocycles. The van der Waals surface area contributed by atoms with Crippen molar-refractivity contribution in [1.82, 2.24) is 5.32 Å². The molecule has 84 valence electrons. The van der Waals surface area contributed by atoms with E-state index in [1.165, 1.54) is 0 Å². The van der Waals surface area contributed by atoms with Crippen molar-refractivity contribution in [2.75, 3.05) is 6.54 Å². The van der Waals surface area contributed by atoms with Crippen molar-refractivity contribution in [3.05, 3.63) is 12.2 Å². The summed E-state index contributed by atoms with van der Waals surface area (Å²) in [5.41, 5.74) is 5.28. The maximum atomic E-state index is 11.3. The fraction of sp³-hybridized carbons (Fsp3) is 0.600. The molecule has 4 N–H and O–H groups in total. The summed E-state index contributed by atoms with van der Waals surface area (Å²) in [5.74, 6) is -1.38. The summed E-state index contributed by atoms with van der Waals surface area (Å²) in [6.45, 7) is 0.492. The second-order valence-corrected chi connectivity index (χ2v) is 3.63. The van der Waals surface area contributed by atoms with Gasteiger partial charge in [0.25, 0.3) is 0 Å². The zero-order valence-electron chi connectivity index (χ0n) is 8.48. The number of carbonyl (C=O) groups is 2. The maximum Gasteiger partial charge on any atom is 0.310 e. The van der Waals surface area contributed by atoms with Gasteiger partial charge < -0.3 is 16.2 Å². The molecule has 0 aromatic carbocycles. The van der Waals surface area contributed by atoms with Crippen LogP contribution in [0.1, 0.15) is 19.3 Å². The number of rotatable bonds is 5. The molecule has 0 radical (unpaired) electrons. The van der Waals surface area contributed by atoms with E-state index in [2.05, 4.69) is 5.32 Å². The van der Waals surface area contributed by atoms with Gasteiger partial charge in [0.2, 0.25) is 5.91 Å². The molecule has 1 aliphatic rings. The summed E-state index contributed by atoms with van der Waals surface area (Å²) in [4.78, 5) is 21.9. The molecular formula is C10H16N2O3. The highest BCUT2D eigenvalue weighted by molar-refractivity contribution is 5.77. The molecule has 0 bridgehead atoms. The van der Waals surface area contributed by atoms with Crippen molar-refractivity contribution in [3.63, 3.8) is 0 Å². The monoisotopic (exact) mass is 212 g/mol. The van der Waals surface area contributed by atoms with Crippen LogP contribution in [-0.4, -0.2) is 29.6 Å². The number of carboxylic acids is 1. The number of carboxylic acid groups (broad SMARTS) is 1. The van der Waals surface area contributed by atoms with Gasteiger partial charge in [-0.25, -0.2) is 0 Å². The van der Waals surface area contributed by atoms with Crippen molar-refractivity contribution in [3.8, 4) is 0 Å². The molecule has 0 fully saturated rings. The van der Waals surface area contributed by atoms with Gasteiger partial charge in [0, 0.05) is 12.5 Å². The third kappa shape index (κ3) is 3.71. The van der Waals surface area contributed by atoms with E-state index in [9.17, 15) is 9.59 Å². The lowest BCUT2D eigenvalue weighted by molar-refractivity contribution is -0.140. The second-order valence-electron chi connectivity index (χ2n) is 3.63. The molecule has 0 aromatic rings. The van der Waals surface area contributed by atoms with Crippen molar-refractivity contribution in [1.29, 1.82) is 0 Å². The molecule has 0 spiro atoms. The Hall–Kier alpha value is -1.36. The first-order valence-electron chi connectivity index (χ1n) is 5.04. The highest BCUT2D eigenvalue weighted by Gasteiger charge is 2.24. The van der Waals surface area contributed by atoms with E-state index in [0.717, 1.165) is 0 Å². The van der Waals surface area contributed by atoms with E-state index >= 15 is 0 Å². The van der Waals surface area contributed by atoms with Crippen LogP contribution < -0.4 is 11.1 Å². The lowest BCUT2D eigenvalue weighted by Crippen LogP contribution is -2.33. The largest absolute Gasteiger partial charge is 0.481 e. The molecule has 0 aromatic heterocycles. The Morgan fingerprint density at radius 3 is 2.73 bits per heavy atom. The average Bonchev–Trinajstić information content (AvgIpc) is 2.63. The van der Waals surface area contributed by atoms with Gasteiger partial charge in [-0.2, -0.15) is 0 Å². The number of carbonyl (C=O) groups excluding carboxylic acids is 1. The number of nitrogens with two attached hydrogens (primary N) is 1. The van der Waals surface area contributed by atoms with Crippen molar-refractivity contribution in [2.24, 2.45) is 11.7 Å². The Kier molecular flexibility index (Phi) is 4.30. The first-order chi connectivity index (χ1) is 7.13. The van der Waals surface area contributed by atoms with Crippen LogP contribution in [0.4, 0.5) is 0 Å². The second kappa shape index (κ2) is 5.50. The molecular weight excluding hydrogens is 196 g/mol. The molecule has 1 rings (SSSR count). The molecule has 15 heavy (non-hydrogen) atoms. The van der Waals surface area contributed by atoms with Gasteiger partial charge in [-0.15, -0.1) is 0 Å². The number of hydrogen-bond donors (Lipinski definition) is 3. The summed E-state index contributed by atoms with van der Waals surface area (Å²) >= 11 is 0. The summed E-state index contributed by atoms with van der Waals surface area (Å²) in [6, 6.07) is -0.142. The predicted octanol–water partition coefficient (Wildman–Crippen LogP) is -0.129. The highest BCUT2D eigenvalue weighted by atomic mass is 16.4. The Bertz CT molecular complexity index is 276. The molecule has 2 atom stereocenters. The van der Waals surface area contributed by atoms with Crippen LogP contribution in [0.15, 0.2) is 12.2 Å². The van der Waals surface area contributed by atoms with Gasteiger partial charge >= 0.3 is 5.97 Å². The Balaban J connectivity index is 2.27. The van der Waals surface area contributed by atoms with Crippen LogP contribution in [0, 0.1) is 5.92 Å². The molecule has 1 aliphatic carbocycles. The van der Waals surface area contributed by atoms with Crippen molar-refractivity contribution >= 4 is 11.9 Å². The molecule has 0 saturated carbocycles. The lowest BCUT2D eigenvalue weighted by Gasteiger charge is -2.11. The Morgan fingerprint density at radius 1 is 1.47 bits per heavy atom. The fourth-order valence-electron chi connectivity index (χ4n) is 1.53. The molecule has 5 nitrogen and oxygen atoms in total. The normalized spacial score (nSPS) is 24.1. The van der Waals surface area contributed by atoms with Gasteiger partial charge in [0.1, 0.15) is 0 Å². The zero-order chi connectivity index (χ0) is 11.3. The van der Waals surface area contributed by atoms with Crippen molar-refractivity contribution < 1.29 is 14.7 Å². The highest BCUT2D eigenvalue weighted by Crippen LogP contribution is 2.17. The van der Waals surface area contributed by atoms with Crippen LogP contribution in [0.25, 0.3) is 0 Å². The molecule has 2 unspecified atom stereocenters. The van der Waals surface area contributed by atoms with E-state index in [1.807, 2.05) is 0 Å². The average molecular weight is 212 g/mol. The topological polar surface area (TPSA) is 92.4 Å². The number of aliphatic carboxylic acids is 1. The first kappa shape index (κ1) is 11.7. The maximum absolute atomic E-state index is 11.3. The summed E-state index contributed by atoms with van der Waals surface area (Å²) in [6.07, 6.45) is 4.86. The van der Waals surface area contributed by atoms with Gasteiger partial charge in [-0.1, -0.05) is 12.2 Å². The van der Waals surface area contributed by atoms with E-state index < -0.39 is 11.9 Å². The molecule has 0 heterocycles. The van der Waals surface area contributed by atoms with E-state index in [4.69, 9.17) is 10.8 Å². The molecule has 0 saturated heterocycles. The van der Waals surface area contributed by atoms with Crippen LogP contribution in [0.3, 0.4) is 0 Å². The van der Waals surface area contributed by atoms with E-state index in [-0.39, 0.29) is 11.9 Å². The minimum atomic E-state index is -0.843.